The van der Waals surface area contributed by atoms with E-state index in [0.717, 1.165) is 0 Å². The van der Waals surface area contributed by atoms with Crippen molar-refractivity contribution in [2.45, 2.75) is 0 Å². The molecule has 0 unspecified atom stereocenters. The van der Waals surface area contributed by atoms with Gasteiger partial charge in [-0.3, -0.25) is 20.1 Å². The molecule has 6 heteroatoms. The normalized spacial score (nSPS) is 11.2. The highest BCUT2D eigenvalue weighted by atomic mass is 16.2. The number of aromatic nitrogens is 2. The fourth-order valence-electron chi connectivity index (χ4n) is 2.24. The Hall–Kier alpha value is -3.54. The number of H-pyrrole nitrogens is 1. The zero-order chi connectivity index (χ0) is 16.9. The van der Waals surface area contributed by atoms with Crippen LogP contribution in [0.2, 0.25) is 0 Å². The molecule has 0 radical (unpaired) electrons. The van der Waals surface area contributed by atoms with E-state index < -0.39 is 0 Å². The third-order valence-corrected chi connectivity index (χ3v) is 3.46. The number of carbonyl (C=O) groups excluding carboxylic acids is 1. The van der Waals surface area contributed by atoms with Crippen LogP contribution >= 0.6 is 0 Å². The summed E-state index contributed by atoms with van der Waals surface area (Å²) < 4.78 is 1.40. The van der Waals surface area contributed by atoms with E-state index in [-0.39, 0.29) is 11.5 Å². The van der Waals surface area contributed by atoms with Crippen molar-refractivity contribution in [1.29, 1.82) is 0 Å². The van der Waals surface area contributed by atoms with E-state index >= 15 is 0 Å². The van der Waals surface area contributed by atoms with Crippen molar-refractivity contribution in [1.82, 2.24) is 20.6 Å². The van der Waals surface area contributed by atoms with Crippen LogP contribution in [0.25, 0.3) is 18.5 Å². The molecule has 3 N–H and O–H groups in total. The number of hydrogen-bond acceptors (Lipinski definition) is 3. The molecule has 0 fully saturated rings. The summed E-state index contributed by atoms with van der Waals surface area (Å²) in [7, 11) is 0. The van der Waals surface area contributed by atoms with E-state index in [1.165, 1.54) is 10.9 Å². The zero-order valence-electron chi connectivity index (χ0n) is 12.8. The van der Waals surface area contributed by atoms with Crippen LogP contribution in [0.3, 0.4) is 0 Å². The Morgan fingerprint density at radius 2 is 1.67 bits per heavy atom. The third-order valence-electron chi connectivity index (χ3n) is 3.46. The van der Waals surface area contributed by atoms with E-state index in [1.54, 1.807) is 24.3 Å². The minimum atomic E-state index is -0.295. The van der Waals surface area contributed by atoms with E-state index in [1.807, 2.05) is 36.4 Å². The molecular formula is C18H16N4O2. The van der Waals surface area contributed by atoms with Crippen molar-refractivity contribution in [3.05, 3.63) is 87.1 Å². The second-order valence-corrected chi connectivity index (χ2v) is 5.09. The lowest BCUT2D eigenvalue weighted by atomic mass is 10.2. The summed E-state index contributed by atoms with van der Waals surface area (Å²) in [5.41, 5.74) is 6.13. The molecule has 0 saturated heterocycles. The fraction of sp³-hybridized carbons (Fsp3) is 0. The lowest BCUT2D eigenvalue weighted by Gasteiger charge is -2.03. The van der Waals surface area contributed by atoms with Gasteiger partial charge in [0.25, 0.3) is 11.5 Å². The molecule has 1 heterocycles. The Labute approximate surface area is 137 Å². The first-order chi connectivity index (χ1) is 11.7. The summed E-state index contributed by atoms with van der Waals surface area (Å²) in [6, 6.07) is 17.9. The van der Waals surface area contributed by atoms with Gasteiger partial charge in [-0.25, -0.2) is 4.68 Å². The van der Waals surface area contributed by atoms with E-state index in [2.05, 4.69) is 22.5 Å². The molecule has 3 aromatic rings. The number of para-hydroxylation sites is 1. The summed E-state index contributed by atoms with van der Waals surface area (Å²) in [6.07, 6.45) is 1.42. The van der Waals surface area contributed by atoms with Crippen LogP contribution in [-0.4, -0.2) is 15.7 Å². The van der Waals surface area contributed by atoms with Crippen LogP contribution in [0.5, 0.6) is 0 Å². The van der Waals surface area contributed by atoms with Gasteiger partial charge in [0.05, 0.1) is 16.3 Å². The van der Waals surface area contributed by atoms with Gasteiger partial charge in [0.1, 0.15) is 0 Å². The van der Waals surface area contributed by atoms with Gasteiger partial charge in [0, 0.05) is 11.8 Å². The molecule has 24 heavy (non-hydrogen) atoms. The maximum absolute atomic E-state index is 12.4. The summed E-state index contributed by atoms with van der Waals surface area (Å²) in [6.45, 7) is 3.82. The lowest BCUT2D eigenvalue weighted by molar-refractivity contribution is 0.0943. The highest BCUT2D eigenvalue weighted by Crippen LogP contribution is 1.99. The lowest BCUT2D eigenvalue weighted by Crippen LogP contribution is -2.40. The molecule has 120 valence electrons. The molecule has 0 atom stereocenters. The molecule has 0 bridgehead atoms. The molecule has 6 nitrogen and oxygen atoms in total. The van der Waals surface area contributed by atoms with Crippen LogP contribution in [0.15, 0.2) is 65.5 Å². The van der Waals surface area contributed by atoms with Gasteiger partial charge in [-0.2, -0.15) is 0 Å². The molecule has 0 aliphatic rings. The van der Waals surface area contributed by atoms with Crippen molar-refractivity contribution < 1.29 is 4.79 Å². The van der Waals surface area contributed by atoms with Crippen LogP contribution < -0.4 is 27.0 Å². The first kappa shape index (κ1) is 15.4. The maximum Gasteiger partial charge on any atom is 0.280 e. The number of nitrogens with zero attached hydrogens (tertiary/aromatic N) is 1. The number of amides is 1. The van der Waals surface area contributed by atoms with Crippen molar-refractivity contribution in [2.24, 2.45) is 0 Å². The maximum atomic E-state index is 12.4. The molecule has 0 spiro atoms. The number of nitrogens with one attached hydrogen (secondary N) is 3. The molecule has 0 aliphatic carbocycles. The summed E-state index contributed by atoms with van der Waals surface area (Å²) >= 11 is 0. The quantitative estimate of drug-likeness (QED) is 0.603. The van der Waals surface area contributed by atoms with Gasteiger partial charge < -0.3 is 5.43 Å². The van der Waals surface area contributed by atoms with E-state index in [4.69, 9.17) is 0 Å². The van der Waals surface area contributed by atoms with E-state index in [0.29, 0.717) is 21.8 Å². The van der Waals surface area contributed by atoms with Gasteiger partial charge in [0.2, 0.25) is 0 Å². The molecule has 0 aliphatic heterocycles. The molecular weight excluding hydrogens is 304 g/mol. The number of aromatic amines is 1. The van der Waals surface area contributed by atoms with Gasteiger partial charge in [-0.05, 0) is 24.3 Å². The molecule has 3 rings (SSSR count). The van der Waals surface area contributed by atoms with Crippen LogP contribution in [0.1, 0.15) is 10.4 Å². The van der Waals surface area contributed by atoms with Crippen LogP contribution in [0.4, 0.5) is 0 Å². The number of hydrogen-bond donors (Lipinski definition) is 3. The van der Waals surface area contributed by atoms with Crippen molar-refractivity contribution >= 4 is 18.7 Å². The second-order valence-electron chi connectivity index (χ2n) is 5.09. The fourth-order valence-corrected chi connectivity index (χ4v) is 2.24. The predicted molar refractivity (Wildman–Crippen MR) is 92.7 cm³/mol. The standard InChI is InChI=1S/C18H16N4O2/c1-13-16(12-19-20-17(23)14-8-4-2-5-9-14)18(24)22(21-13)15-10-6-3-7-11-15/h2-12,19,21H,1H2,(H,20,23)/b16-12-. The number of benzene rings is 2. The highest BCUT2D eigenvalue weighted by molar-refractivity contribution is 5.93. The number of carbonyl (C=O) groups is 1. The first-order valence-corrected chi connectivity index (χ1v) is 7.33. The summed E-state index contributed by atoms with van der Waals surface area (Å²) in [4.78, 5) is 24.4. The average molecular weight is 320 g/mol. The van der Waals surface area contributed by atoms with Gasteiger partial charge in [-0.15, -0.1) is 0 Å². The van der Waals surface area contributed by atoms with Crippen LogP contribution in [0, 0.1) is 0 Å². The highest BCUT2D eigenvalue weighted by Gasteiger charge is 2.05. The monoisotopic (exact) mass is 320 g/mol. The zero-order valence-corrected chi connectivity index (χ0v) is 12.8. The molecule has 2 aromatic carbocycles. The summed E-state index contributed by atoms with van der Waals surface area (Å²) in [5.74, 6) is -0.295. The Morgan fingerprint density at radius 3 is 2.33 bits per heavy atom. The number of hydrazine groups is 1. The van der Waals surface area contributed by atoms with Crippen molar-refractivity contribution in [3.8, 4) is 5.69 Å². The van der Waals surface area contributed by atoms with Crippen molar-refractivity contribution in [3.63, 3.8) is 0 Å². The van der Waals surface area contributed by atoms with Gasteiger partial charge in [-0.1, -0.05) is 43.0 Å². The number of rotatable bonds is 4. The molecule has 1 amide bonds. The Kier molecular flexibility index (Phi) is 4.29. The average Bonchev–Trinajstić information content (AvgIpc) is 2.91. The summed E-state index contributed by atoms with van der Waals surface area (Å²) in [5, 5.41) is 3.70. The SMILES string of the molecule is C=c1[nH]n(-c2ccccc2)c(=O)/c1=C\NNC(=O)c1ccccc1. The Morgan fingerprint density at radius 1 is 1.04 bits per heavy atom. The topological polar surface area (TPSA) is 78.9 Å². The minimum absolute atomic E-state index is 0.257. The third kappa shape index (κ3) is 3.12. The Balaban J connectivity index is 1.82. The molecule has 0 saturated carbocycles. The predicted octanol–water partition coefficient (Wildman–Crippen LogP) is 0.249. The first-order valence-electron chi connectivity index (χ1n) is 7.33. The Bertz CT molecular complexity index is 1000. The van der Waals surface area contributed by atoms with Gasteiger partial charge >= 0.3 is 0 Å². The minimum Gasteiger partial charge on any atom is -0.305 e. The largest absolute Gasteiger partial charge is 0.305 e. The second kappa shape index (κ2) is 6.70. The molecule has 1 aromatic heterocycles. The van der Waals surface area contributed by atoms with Crippen molar-refractivity contribution in [2.75, 3.05) is 0 Å². The smallest absolute Gasteiger partial charge is 0.280 e. The van der Waals surface area contributed by atoms with Gasteiger partial charge in [0.15, 0.2) is 0 Å². The van der Waals surface area contributed by atoms with Crippen LogP contribution in [-0.2, 0) is 0 Å². The van der Waals surface area contributed by atoms with E-state index in [9.17, 15) is 9.59 Å².